The fraction of sp³-hybridized carbons (Fsp3) is 0.455. The summed E-state index contributed by atoms with van der Waals surface area (Å²) >= 11 is 0. The highest BCUT2D eigenvalue weighted by Crippen LogP contribution is 2.09. The Balaban J connectivity index is 0.000000360. The second-order valence-electron chi connectivity index (χ2n) is 3.41. The Morgan fingerprint density at radius 2 is 1.61 bits per heavy atom. The van der Waals surface area contributed by atoms with E-state index in [4.69, 9.17) is 21.7 Å². The van der Waals surface area contributed by atoms with Crippen molar-refractivity contribution in [2.75, 3.05) is 13.1 Å². The number of hydrogen-bond acceptors (Lipinski definition) is 5. The largest absolute Gasteiger partial charge is 0.478 e. The van der Waals surface area contributed by atoms with Crippen molar-refractivity contribution in [3.8, 4) is 0 Å². The van der Waals surface area contributed by atoms with E-state index in [2.05, 4.69) is 4.42 Å². The zero-order valence-electron chi connectivity index (χ0n) is 9.96. The van der Waals surface area contributed by atoms with Gasteiger partial charge in [0, 0.05) is 0 Å². The van der Waals surface area contributed by atoms with E-state index < -0.39 is 17.7 Å². The molecule has 0 fully saturated rings. The van der Waals surface area contributed by atoms with Crippen molar-refractivity contribution in [1.29, 1.82) is 0 Å². The van der Waals surface area contributed by atoms with Gasteiger partial charge in [-0.1, -0.05) is 6.42 Å². The molecule has 1 rings (SSSR count). The van der Waals surface area contributed by atoms with Crippen LogP contribution in [0.4, 0.5) is 0 Å². The lowest BCUT2D eigenvalue weighted by Crippen LogP contribution is -2.03. The molecular weight excluding hydrogens is 240 g/mol. The minimum Gasteiger partial charge on any atom is -0.478 e. The average molecular weight is 258 g/mol. The predicted octanol–water partition coefficient (Wildman–Crippen LogP) is 0.750. The quantitative estimate of drug-likeness (QED) is 0.552. The van der Waals surface area contributed by atoms with Gasteiger partial charge in [-0.3, -0.25) is 0 Å². The van der Waals surface area contributed by atoms with Crippen molar-refractivity contribution >= 4 is 11.9 Å². The van der Waals surface area contributed by atoms with Gasteiger partial charge in [-0.15, -0.1) is 0 Å². The van der Waals surface area contributed by atoms with Gasteiger partial charge in [-0.2, -0.15) is 0 Å². The van der Waals surface area contributed by atoms with Gasteiger partial charge in [-0.05, 0) is 32.0 Å². The van der Waals surface area contributed by atoms with Crippen molar-refractivity contribution < 1.29 is 24.2 Å². The Kier molecular flexibility index (Phi) is 8.25. The number of unbranched alkanes of at least 4 members (excludes halogenated alkanes) is 2. The first kappa shape index (κ1) is 16.1. The van der Waals surface area contributed by atoms with E-state index in [0.29, 0.717) is 0 Å². The Hall–Kier alpha value is -1.86. The van der Waals surface area contributed by atoms with E-state index in [0.717, 1.165) is 38.3 Å². The molecular formula is C11H18N2O5. The molecule has 0 amide bonds. The van der Waals surface area contributed by atoms with Gasteiger partial charge in [0.15, 0.2) is 0 Å². The third-order valence-electron chi connectivity index (χ3n) is 2.00. The molecule has 0 saturated heterocycles. The van der Waals surface area contributed by atoms with Crippen LogP contribution in [0.5, 0.6) is 0 Å². The molecule has 0 radical (unpaired) electrons. The molecule has 1 heterocycles. The summed E-state index contributed by atoms with van der Waals surface area (Å²) in [4.78, 5) is 20.5. The molecule has 0 aliphatic rings. The second-order valence-corrected chi connectivity index (χ2v) is 3.41. The lowest BCUT2D eigenvalue weighted by molar-refractivity contribution is 0.0626. The van der Waals surface area contributed by atoms with Crippen LogP contribution in [0.3, 0.4) is 0 Å². The summed E-state index contributed by atoms with van der Waals surface area (Å²) in [7, 11) is 0. The highest BCUT2D eigenvalue weighted by atomic mass is 16.4. The molecule has 0 aromatic carbocycles. The maximum absolute atomic E-state index is 10.3. The maximum Gasteiger partial charge on any atom is 0.372 e. The Morgan fingerprint density at radius 1 is 1.06 bits per heavy atom. The van der Waals surface area contributed by atoms with Gasteiger partial charge < -0.3 is 26.1 Å². The smallest absolute Gasteiger partial charge is 0.372 e. The molecule has 0 aliphatic heterocycles. The molecule has 0 aliphatic carbocycles. The highest BCUT2D eigenvalue weighted by molar-refractivity contribution is 5.99. The van der Waals surface area contributed by atoms with Gasteiger partial charge in [-0.25, -0.2) is 9.59 Å². The summed E-state index contributed by atoms with van der Waals surface area (Å²) in [6, 6.07) is 1.09. The highest BCUT2D eigenvalue weighted by Gasteiger charge is 2.18. The number of carboxylic acids is 2. The minimum atomic E-state index is -1.38. The van der Waals surface area contributed by atoms with Crippen LogP contribution in [0.15, 0.2) is 16.7 Å². The molecule has 0 bridgehead atoms. The van der Waals surface area contributed by atoms with Crippen molar-refractivity contribution in [1.82, 2.24) is 0 Å². The molecule has 102 valence electrons. The average Bonchev–Trinajstić information content (AvgIpc) is 2.79. The first-order valence-electron chi connectivity index (χ1n) is 5.48. The summed E-state index contributed by atoms with van der Waals surface area (Å²) in [5, 5.41) is 16.7. The van der Waals surface area contributed by atoms with Crippen LogP contribution >= 0.6 is 0 Å². The number of furan rings is 1. The zero-order valence-corrected chi connectivity index (χ0v) is 9.96. The number of nitrogens with two attached hydrogens (primary N) is 2. The maximum atomic E-state index is 10.3. The number of rotatable bonds is 6. The zero-order chi connectivity index (χ0) is 14.0. The SMILES string of the molecule is NCCCCCN.O=C(O)c1ccoc1C(=O)O. The molecule has 0 spiro atoms. The fourth-order valence-corrected chi connectivity index (χ4v) is 1.11. The lowest BCUT2D eigenvalue weighted by atomic mass is 10.2. The lowest BCUT2D eigenvalue weighted by Gasteiger charge is -1.91. The van der Waals surface area contributed by atoms with Gasteiger partial charge in [0.2, 0.25) is 5.76 Å². The molecule has 0 atom stereocenters. The summed E-state index contributed by atoms with van der Waals surface area (Å²) in [6.45, 7) is 1.61. The normalized spacial score (nSPS) is 9.44. The third kappa shape index (κ3) is 6.02. The Labute approximate surface area is 104 Å². The number of carbonyl (C=O) groups is 2. The molecule has 18 heavy (non-hydrogen) atoms. The molecule has 7 nitrogen and oxygen atoms in total. The molecule has 6 N–H and O–H groups in total. The number of carboxylic acid groups (broad SMARTS) is 2. The van der Waals surface area contributed by atoms with E-state index in [1.54, 1.807) is 0 Å². The molecule has 0 unspecified atom stereocenters. The van der Waals surface area contributed by atoms with Crippen LogP contribution in [0.25, 0.3) is 0 Å². The third-order valence-corrected chi connectivity index (χ3v) is 2.00. The van der Waals surface area contributed by atoms with Crippen LogP contribution in [0, 0.1) is 0 Å². The van der Waals surface area contributed by atoms with Crippen LogP contribution in [0.1, 0.15) is 40.2 Å². The number of hydrogen-bond donors (Lipinski definition) is 4. The first-order chi connectivity index (χ1) is 8.54. The van der Waals surface area contributed by atoms with Crippen LogP contribution in [-0.4, -0.2) is 35.2 Å². The van der Waals surface area contributed by atoms with Gasteiger partial charge in [0.1, 0.15) is 5.56 Å². The van der Waals surface area contributed by atoms with E-state index >= 15 is 0 Å². The van der Waals surface area contributed by atoms with E-state index in [1.807, 2.05) is 0 Å². The van der Waals surface area contributed by atoms with Crippen LogP contribution in [0.2, 0.25) is 0 Å². The van der Waals surface area contributed by atoms with Gasteiger partial charge in [0.05, 0.1) is 6.26 Å². The van der Waals surface area contributed by atoms with Crippen molar-refractivity contribution in [2.45, 2.75) is 19.3 Å². The Morgan fingerprint density at radius 3 is 1.94 bits per heavy atom. The second kappa shape index (κ2) is 9.20. The molecule has 1 aromatic heterocycles. The van der Waals surface area contributed by atoms with E-state index in [-0.39, 0.29) is 5.56 Å². The van der Waals surface area contributed by atoms with Crippen molar-refractivity contribution in [3.05, 3.63) is 23.7 Å². The number of aromatic carboxylic acids is 2. The van der Waals surface area contributed by atoms with Crippen molar-refractivity contribution in [3.63, 3.8) is 0 Å². The predicted molar refractivity (Wildman–Crippen MR) is 64.6 cm³/mol. The fourth-order valence-electron chi connectivity index (χ4n) is 1.11. The van der Waals surface area contributed by atoms with E-state index in [9.17, 15) is 9.59 Å². The molecule has 0 saturated carbocycles. The summed E-state index contributed by atoms with van der Waals surface area (Å²) in [6.07, 6.45) is 4.45. The Bertz CT molecular complexity index is 343. The molecule has 1 aromatic rings. The van der Waals surface area contributed by atoms with Crippen LogP contribution in [-0.2, 0) is 0 Å². The van der Waals surface area contributed by atoms with Gasteiger partial charge in [0.25, 0.3) is 0 Å². The van der Waals surface area contributed by atoms with Crippen molar-refractivity contribution in [2.24, 2.45) is 11.5 Å². The summed E-state index contributed by atoms with van der Waals surface area (Å²) in [5.74, 6) is -3.24. The monoisotopic (exact) mass is 258 g/mol. The standard InChI is InChI=1S/C6H4O5.C5H14N2/c7-5(8)3-1-2-11-4(3)6(9)10;6-4-2-1-3-5-7/h1-2H,(H,7,8)(H,9,10);1-7H2. The first-order valence-corrected chi connectivity index (χ1v) is 5.48. The van der Waals surface area contributed by atoms with Gasteiger partial charge >= 0.3 is 11.9 Å². The van der Waals surface area contributed by atoms with E-state index in [1.165, 1.54) is 6.42 Å². The summed E-state index contributed by atoms with van der Waals surface area (Å²) < 4.78 is 4.41. The topological polar surface area (TPSA) is 140 Å². The minimum absolute atomic E-state index is 0.336. The summed E-state index contributed by atoms with van der Waals surface area (Å²) in [5.41, 5.74) is 10.1. The van der Waals surface area contributed by atoms with Crippen LogP contribution < -0.4 is 11.5 Å². The molecule has 7 heteroatoms.